The number of carbonyl (C=O) groups is 2. The Bertz CT molecular complexity index is 802. The first-order chi connectivity index (χ1) is 11.7. The van der Waals surface area contributed by atoms with Gasteiger partial charge in [0.1, 0.15) is 0 Å². The molecule has 2 amide bonds. The second-order valence-electron chi connectivity index (χ2n) is 6.73. The van der Waals surface area contributed by atoms with Gasteiger partial charge in [-0.15, -0.1) is 0 Å². The van der Waals surface area contributed by atoms with Gasteiger partial charge in [0.15, 0.2) is 0 Å². The van der Waals surface area contributed by atoms with E-state index in [0.29, 0.717) is 5.56 Å². The van der Waals surface area contributed by atoms with E-state index in [1.54, 1.807) is 13.1 Å². The highest BCUT2D eigenvalue weighted by molar-refractivity contribution is 6.00. The van der Waals surface area contributed by atoms with Crippen LogP contribution in [-0.4, -0.2) is 30.3 Å². The summed E-state index contributed by atoms with van der Waals surface area (Å²) in [7, 11) is 1.65. The molecule has 0 fully saturated rings. The lowest BCUT2D eigenvalue weighted by atomic mass is 10.0. The van der Waals surface area contributed by atoms with Crippen molar-refractivity contribution in [1.82, 2.24) is 4.90 Å². The maximum atomic E-state index is 12.6. The van der Waals surface area contributed by atoms with E-state index in [2.05, 4.69) is 5.32 Å². The van der Waals surface area contributed by atoms with Crippen LogP contribution in [0.25, 0.3) is 0 Å². The third-order valence-electron chi connectivity index (χ3n) is 4.50. The summed E-state index contributed by atoms with van der Waals surface area (Å²) in [5, 5.41) is 2.94. The third kappa shape index (κ3) is 4.27. The normalized spacial score (nSPS) is 10.5. The zero-order valence-electron chi connectivity index (χ0n) is 15.9. The zero-order valence-corrected chi connectivity index (χ0v) is 15.9. The molecule has 0 saturated heterocycles. The highest BCUT2D eigenvalue weighted by Gasteiger charge is 2.18. The lowest BCUT2D eigenvalue weighted by molar-refractivity contribution is -0.116. The lowest BCUT2D eigenvalue weighted by Crippen LogP contribution is -2.35. The van der Waals surface area contributed by atoms with Gasteiger partial charge in [0.2, 0.25) is 5.91 Å². The molecule has 0 aromatic heterocycles. The summed E-state index contributed by atoms with van der Waals surface area (Å²) in [6.45, 7) is 9.89. The number of hydrogen-bond acceptors (Lipinski definition) is 2. The second-order valence-corrected chi connectivity index (χ2v) is 6.73. The SMILES string of the molecule is Cc1cc(C)c(NC(=O)CN(C)C(=O)c2cccc(C)c2C)c(C)c1. The van der Waals surface area contributed by atoms with E-state index < -0.39 is 0 Å². The summed E-state index contributed by atoms with van der Waals surface area (Å²) in [5.74, 6) is -0.343. The van der Waals surface area contributed by atoms with Crippen LogP contribution in [0, 0.1) is 34.6 Å². The molecule has 0 bridgehead atoms. The Morgan fingerprint density at radius 1 is 0.960 bits per heavy atom. The number of aryl methyl sites for hydroxylation is 4. The molecule has 0 radical (unpaired) electrons. The summed E-state index contributed by atoms with van der Waals surface area (Å²) in [6.07, 6.45) is 0. The van der Waals surface area contributed by atoms with Crippen molar-refractivity contribution in [2.75, 3.05) is 18.9 Å². The molecule has 2 rings (SSSR count). The number of anilines is 1. The molecule has 4 heteroatoms. The van der Waals surface area contributed by atoms with Gasteiger partial charge in [-0.3, -0.25) is 9.59 Å². The van der Waals surface area contributed by atoms with Crippen molar-refractivity contribution in [3.8, 4) is 0 Å². The predicted molar refractivity (Wildman–Crippen MR) is 102 cm³/mol. The first-order valence-corrected chi connectivity index (χ1v) is 8.40. The van der Waals surface area contributed by atoms with Gasteiger partial charge in [0.25, 0.3) is 5.91 Å². The molecule has 2 aromatic rings. The maximum Gasteiger partial charge on any atom is 0.254 e. The van der Waals surface area contributed by atoms with E-state index in [9.17, 15) is 9.59 Å². The van der Waals surface area contributed by atoms with Crippen molar-refractivity contribution in [2.45, 2.75) is 34.6 Å². The number of rotatable bonds is 4. The average molecular weight is 338 g/mol. The number of benzene rings is 2. The van der Waals surface area contributed by atoms with Gasteiger partial charge in [0.05, 0.1) is 6.54 Å². The smallest absolute Gasteiger partial charge is 0.254 e. The van der Waals surface area contributed by atoms with Gasteiger partial charge in [-0.1, -0.05) is 29.8 Å². The van der Waals surface area contributed by atoms with Crippen molar-refractivity contribution in [2.24, 2.45) is 0 Å². The molecule has 0 saturated carbocycles. The van der Waals surface area contributed by atoms with E-state index >= 15 is 0 Å². The third-order valence-corrected chi connectivity index (χ3v) is 4.50. The fraction of sp³-hybridized carbons (Fsp3) is 0.333. The zero-order chi connectivity index (χ0) is 18.7. The van der Waals surface area contributed by atoms with Crippen molar-refractivity contribution in [1.29, 1.82) is 0 Å². The van der Waals surface area contributed by atoms with E-state index in [1.807, 2.05) is 58.9 Å². The predicted octanol–water partition coefficient (Wildman–Crippen LogP) is 3.94. The van der Waals surface area contributed by atoms with Crippen LogP contribution in [0.3, 0.4) is 0 Å². The van der Waals surface area contributed by atoms with Crippen LogP contribution in [0.1, 0.15) is 38.2 Å². The van der Waals surface area contributed by atoms with Crippen molar-refractivity contribution < 1.29 is 9.59 Å². The van der Waals surface area contributed by atoms with Crippen molar-refractivity contribution >= 4 is 17.5 Å². The molecule has 0 heterocycles. The van der Waals surface area contributed by atoms with Crippen LogP contribution >= 0.6 is 0 Å². The van der Waals surface area contributed by atoms with Gasteiger partial charge in [-0.2, -0.15) is 0 Å². The molecule has 2 aromatic carbocycles. The Morgan fingerprint density at radius 2 is 1.56 bits per heavy atom. The highest BCUT2D eigenvalue weighted by atomic mass is 16.2. The van der Waals surface area contributed by atoms with Crippen molar-refractivity contribution in [3.05, 3.63) is 63.7 Å². The number of likely N-dealkylation sites (N-methyl/N-ethyl adjacent to an activating group) is 1. The Kier molecular flexibility index (Phi) is 5.62. The Morgan fingerprint density at radius 3 is 2.16 bits per heavy atom. The molecule has 0 aliphatic carbocycles. The quantitative estimate of drug-likeness (QED) is 0.918. The van der Waals surface area contributed by atoms with E-state index in [4.69, 9.17) is 0 Å². The number of carbonyl (C=O) groups excluding carboxylic acids is 2. The summed E-state index contributed by atoms with van der Waals surface area (Å²) in [4.78, 5) is 26.5. The molecule has 1 N–H and O–H groups in total. The van der Waals surface area contributed by atoms with Crippen LogP contribution in [0.2, 0.25) is 0 Å². The molecule has 132 valence electrons. The van der Waals surface area contributed by atoms with Crippen LogP contribution < -0.4 is 5.32 Å². The second kappa shape index (κ2) is 7.51. The molecule has 0 aliphatic heterocycles. The van der Waals surface area contributed by atoms with E-state index in [-0.39, 0.29) is 18.4 Å². The number of nitrogens with one attached hydrogen (secondary N) is 1. The standard InChI is InChI=1S/C21H26N2O2/c1-13-10-15(3)20(16(4)11-13)22-19(24)12-23(6)21(25)18-9-7-8-14(2)17(18)5/h7-11H,12H2,1-6H3,(H,22,24). The van der Waals surface area contributed by atoms with Crippen LogP contribution in [-0.2, 0) is 4.79 Å². The molecular weight excluding hydrogens is 312 g/mol. The molecule has 25 heavy (non-hydrogen) atoms. The molecule has 0 spiro atoms. The molecular formula is C21H26N2O2. The van der Waals surface area contributed by atoms with Gasteiger partial charge in [0, 0.05) is 18.3 Å². The topological polar surface area (TPSA) is 49.4 Å². The Labute approximate surface area is 149 Å². The highest BCUT2D eigenvalue weighted by Crippen LogP contribution is 2.22. The summed E-state index contributed by atoms with van der Waals surface area (Å²) < 4.78 is 0. The monoisotopic (exact) mass is 338 g/mol. The maximum absolute atomic E-state index is 12.6. The number of nitrogens with zero attached hydrogens (tertiary/aromatic N) is 1. The molecule has 0 atom stereocenters. The minimum absolute atomic E-state index is 0.0129. The Balaban J connectivity index is 2.10. The van der Waals surface area contributed by atoms with Gasteiger partial charge in [-0.05, 0) is 62.9 Å². The first kappa shape index (κ1) is 18.7. The fourth-order valence-corrected chi connectivity index (χ4v) is 3.03. The summed E-state index contributed by atoms with van der Waals surface area (Å²) in [5.41, 5.74) is 6.68. The number of amides is 2. The van der Waals surface area contributed by atoms with Crippen LogP contribution in [0.15, 0.2) is 30.3 Å². The van der Waals surface area contributed by atoms with Gasteiger partial charge < -0.3 is 10.2 Å². The first-order valence-electron chi connectivity index (χ1n) is 8.40. The van der Waals surface area contributed by atoms with E-state index in [0.717, 1.165) is 33.5 Å². The summed E-state index contributed by atoms with van der Waals surface area (Å²) in [6, 6.07) is 9.71. The fourth-order valence-electron chi connectivity index (χ4n) is 3.03. The molecule has 0 aliphatic rings. The van der Waals surface area contributed by atoms with Gasteiger partial charge in [-0.25, -0.2) is 0 Å². The minimum atomic E-state index is -0.198. The average Bonchev–Trinajstić information content (AvgIpc) is 2.52. The van der Waals surface area contributed by atoms with Crippen LogP contribution in [0.4, 0.5) is 5.69 Å². The lowest BCUT2D eigenvalue weighted by Gasteiger charge is -2.20. The number of hydrogen-bond donors (Lipinski definition) is 1. The minimum Gasteiger partial charge on any atom is -0.332 e. The van der Waals surface area contributed by atoms with Crippen LogP contribution in [0.5, 0.6) is 0 Å². The summed E-state index contributed by atoms with van der Waals surface area (Å²) >= 11 is 0. The van der Waals surface area contributed by atoms with E-state index in [1.165, 1.54) is 4.90 Å². The largest absolute Gasteiger partial charge is 0.332 e. The van der Waals surface area contributed by atoms with Crippen molar-refractivity contribution in [3.63, 3.8) is 0 Å². The Hall–Kier alpha value is -2.62. The molecule has 0 unspecified atom stereocenters. The molecule has 4 nitrogen and oxygen atoms in total. The van der Waals surface area contributed by atoms with Gasteiger partial charge >= 0.3 is 0 Å².